The van der Waals surface area contributed by atoms with E-state index in [2.05, 4.69) is 27.8 Å². The molecule has 0 aromatic heterocycles. The highest BCUT2D eigenvalue weighted by molar-refractivity contribution is 5.93. The van der Waals surface area contributed by atoms with Crippen LogP contribution in [0.2, 0.25) is 0 Å². The van der Waals surface area contributed by atoms with Crippen molar-refractivity contribution in [2.45, 2.75) is 13.8 Å². The molecule has 0 fully saturated rings. The van der Waals surface area contributed by atoms with E-state index in [4.69, 9.17) is 0 Å². The van der Waals surface area contributed by atoms with Gasteiger partial charge in [-0.3, -0.25) is 9.69 Å². The molecule has 0 bridgehead atoms. The summed E-state index contributed by atoms with van der Waals surface area (Å²) in [6.07, 6.45) is 0. The van der Waals surface area contributed by atoms with Crippen molar-refractivity contribution in [3.05, 3.63) is 23.8 Å². The van der Waals surface area contributed by atoms with E-state index in [9.17, 15) is 9.59 Å². The predicted octanol–water partition coefficient (Wildman–Crippen LogP) is 1.64. The van der Waals surface area contributed by atoms with Gasteiger partial charge < -0.3 is 16.0 Å². The molecular weight excluding hydrogens is 280 g/mol. The van der Waals surface area contributed by atoms with Crippen molar-refractivity contribution in [1.29, 1.82) is 0 Å². The fraction of sp³-hybridized carbons (Fsp3) is 0.375. The standard InChI is InChI=1S/C16H22N4O2/c1-12-7-8-14(11-15(12)18-13(2)21)19-16(22)17-9-5-6-10-20(3)4/h7-8,11H,9-10H2,1-4H3,(H,18,21)(H2,17,19,22). The summed E-state index contributed by atoms with van der Waals surface area (Å²) in [5, 5.41) is 8.07. The number of carbonyl (C=O) groups excluding carboxylic acids is 2. The minimum absolute atomic E-state index is 0.152. The first-order valence-electron chi connectivity index (χ1n) is 6.92. The number of benzene rings is 1. The van der Waals surface area contributed by atoms with Crippen LogP contribution in [0.25, 0.3) is 0 Å². The first-order chi connectivity index (χ1) is 10.4. The molecule has 0 aliphatic heterocycles. The zero-order chi connectivity index (χ0) is 16.5. The number of hydrogen-bond donors (Lipinski definition) is 3. The zero-order valence-corrected chi connectivity index (χ0v) is 13.4. The Bertz CT molecular complexity index is 600. The molecule has 3 amide bonds. The van der Waals surface area contributed by atoms with E-state index in [0.717, 1.165) is 5.56 Å². The normalized spacial score (nSPS) is 9.68. The monoisotopic (exact) mass is 302 g/mol. The van der Waals surface area contributed by atoms with Crippen LogP contribution in [0.1, 0.15) is 12.5 Å². The molecule has 6 heteroatoms. The zero-order valence-electron chi connectivity index (χ0n) is 13.4. The van der Waals surface area contributed by atoms with E-state index >= 15 is 0 Å². The molecule has 0 aliphatic carbocycles. The van der Waals surface area contributed by atoms with Crippen molar-refractivity contribution in [2.75, 3.05) is 37.8 Å². The van der Waals surface area contributed by atoms with Gasteiger partial charge in [-0.15, -0.1) is 0 Å². The Morgan fingerprint density at radius 3 is 2.55 bits per heavy atom. The maximum absolute atomic E-state index is 11.7. The van der Waals surface area contributed by atoms with Crippen molar-refractivity contribution >= 4 is 23.3 Å². The fourth-order valence-corrected chi connectivity index (χ4v) is 1.60. The van der Waals surface area contributed by atoms with Crippen LogP contribution >= 0.6 is 0 Å². The second-order valence-electron chi connectivity index (χ2n) is 5.11. The summed E-state index contributed by atoms with van der Waals surface area (Å²) in [6, 6.07) is 4.99. The molecule has 1 aromatic carbocycles. The highest BCUT2D eigenvalue weighted by Gasteiger charge is 2.04. The first kappa shape index (κ1) is 17.5. The highest BCUT2D eigenvalue weighted by atomic mass is 16.2. The summed E-state index contributed by atoms with van der Waals surface area (Å²) in [5.41, 5.74) is 2.21. The number of hydrogen-bond acceptors (Lipinski definition) is 3. The number of anilines is 2. The molecule has 0 radical (unpaired) electrons. The number of aryl methyl sites for hydroxylation is 1. The van der Waals surface area contributed by atoms with E-state index in [1.807, 2.05) is 32.0 Å². The Labute approximate surface area is 131 Å². The van der Waals surface area contributed by atoms with Crippen molar-refractivity contribution in [2.24, 2.45) is 0 Å². The molecule has 3 N–H and O–H groups in total. The first-order valence-corrected chi connectivity index (χ1v) is 6.92. The third-order valence-corrected chi connectivity index (χ3v) is 2.66. The molecular formula is C16H22N4O2. The van der Waals surface area contributed by atoms with Crippen LogP contribution in [0.5, 0.6) is 0 Å². The molecule has 0 atom stereocenters. The van der Waals surface area contributed by atoms with E-state index < -0.39 is 0 Å². The smallest absolute Gasteiger partial charge is 0.319 e. The van der Waals surface area contributed by atoms with Gasteiger partial charge in [0.25, 0.3) is 0 Å². The van der Waals surface area contributed by atoms with Crippen LogP contribution in [0.3, 0.4) is 0 Å². The Hall–Kier alpha value is -2.52. The Balaban J connectivity index is 2.53. The van der Waals surface area contributed by atoms with Gasteiger partial charge in [-0.2, -0.15) is 0 Å². The second kappa shape index (κ2) is 8.70. The number of rotatable bonds is 4. The summed E-state index contributed by atoms with van der Waals surface area (Å²) in [4.78, 5) is 24.8. The third kappa shape index (κ3) is 6.77. The molecule has 0 heterocycles. The van der Waals surface area contributed by atoms with Crippen molar-refractivity contribution in [1.82, 2.24) is 10.2 Å². The Kier molecular flexibility index (Phi) is 6.93. The summed E-state index contributed by atoms with van der Waals surface area (Å²) >= 11 is 0. The molecule has 0 saturated heterocycles. The van der Waals surface area contributed by atoms with Crippen molar-refractivity contribution in [3.63, 3.8) is 0 Å². The van der Waals surface area contributed by atoms with Gasteiger partial charge in [0.15, 0.2) is 0 Å². The number of carbonyl (C=O) groups is 2. The van der Waals surface area contributed by atoms with Crippen LogP contribution in [-0.2, 0) is 4.79 Å². The third-order valence-electron chi connectivity index (χ3n) is 2.66. The minimum atomic E-state index is -0.336. The number of amides is 3. The van der Waals surface area contributed by atoms with Crippen LogP contribution in [0, 0.1) is 18.8 Å². The van der Waals surface area contributed by atoms with Crippen LogP contribution in [-0.4, -0.2) is 44.0 Å². The molecule has 0 unspecified atom stereocenters. The summed E-state index contributed by atoms with van der Waals surface area (Å²) < 4.78 is 0. The average molecular weight is 302 g/mol. The quantitative estimate of drug-likeness (QED) is 0.740. The molecule has 1 aromatic rings. The molecule has 6 nitrogen and oxygen atoms in total. The van der Waals surface area contributed by atoms with Gasteiger partial charge in [-0.05, 0) is 38.7 Å². The van der Waals surface area contributed by atoms with E-state index in [0.29, 0.717) is 17.9 Å². The maximum Gasteiger partial charge on any atom is 0.319 e. The number of nitrogens with zero attached hydrogens (tertiary/aromatic N) is 1. The lowest BCUT2D eigenvalue weighted by Crippen LogP contribution is -2.29. The Morgan fingerprint density at radius 1 is 1.18 bits per heavy atom. The topological polar surface area (TPSA) is 73.5 Å². The summed E-state index contributed by atoms with van der Waals surface area (Å²) in [5.74, 6) is 5.64. The van der Waals surface area contributed by atoms with E-state index in [1.165, 1.54) is 6.92 Å². The Morgan fingerprint density at radius 2 is 1.91 bits per heavy atom. The van der Waals surface area contributed by atoms with E-state index in [1.54, 1.807) is 12.1 Å². The molecule has 1 rings (SSSR count). The second-order valence-corrected chi connectivity index (χ2v) is 5.11. The molecule has 0 saturated carbocycles. The average Bonchev–Trinajstić information content (AvgIpc) is 2.41. The van der Waals surface area contributed by atoms with Gasteiger partial charge in [-0.1, -0.05) is 17.9 Å². The molecule has 118 valence electrons. The maximum atomic E-state index is 11.7. The molecule has 0 spiro atoms. The molecule has 0 aliphatic rings. The summed E-state index contributed by atoms with van der Waals surface area (Å²) in [6.45, 7) is 4.26. The lowest BCUT2D eigenvalue weighted by molar-refractivity contribution is -0.114. The van der Waals surface area contributed by atoms with Crippen LogP contribution in [0.15, 0.2) is 18.2 Å². The van der Waals surface area contributed by atoms with Crippen molar-refractivity contribution in [3.8, 4) is 11.8 Å². The minimum Gasteiger partial charge on any atom is -0.327 e. The van der Waals surface area contributed by atoms with Crippen LogP contribution in [0.4, 0.5) is 16.2 Å². The van der Waals surface area contributed by atoms with Gasteiger partial charge in [-0.25, -0.2) is 4.79 Å². The molecule has 22 heavy (non-hydrogen) atoms. The van der Waals surface area contributed by atoms with Crippen molar-refractivity contribution < 1.29 is 9.59 Å². The van der Waals surface area contributed by atoms with Gasteiger partial charge >= 0.3 is 6.03 Å². The van der Waals surface area contributed by atoms with Crippen LogP contribution < -0.4 is 16.0 Å². The lowest BCUT2D eigenvalue weighted by Gasteiger charge is -2.10. The highest BCUT2D eigenvalue weighted by Crippen LogP contribution is 2.20. The summed E-state index contributed by atoms with van der Waals surface area (Å²) in [7, 11) is 3.86. The largest absolute Gasteiger partial charge is 0.327 e. The van der Waals surface area contributed by atoms with Gasteiger partial charge in [0.1, 0.15) is 0 Å². The lowest BCUT2D eigenvalue weighted by atomic mass is 10.2. The van der Waals surface area contributed by atoms with Gasteiger partial charge in [0.2, 0.25) is 5.91 Å². The number of nitrogens with one attached hydrogen (secondary N) is 3. The SMILES string of the molecule is CC(=O)Nc1cc(NC(=O)NCC#CCN(C)C)ccc1C. The fourth-order valence-electron chi connectivity index (χ4n) is 1.60. The van der Waals surface area contributed by atoms with Gasteiger partial charge in [0.05, 0.1) is 13.1 Å². The van der Waals surface area contributed by atoms with E-state index in [-0.39, 0.29) is 18.5 Å². The number of urea groups is 1. The predicted molar refractivity (Wildman–Crippen MR) is 88.8 cm³/mol. The van der Waals surface area contributed by atoms with Gasteiger partial charge in [0, 0.05) is 18.3 Å².